The van der Waals surface area contributed by atoms with Gasteiger partial charge in [0.25, 0.3) is 0 Å². The van der Waals surface area contributed by atoms with Crippen molar-refractivity contribution in [2.75, 3.05) is 5.32 Å². The third-order valence-corrected chi connectivity index (χ3v) is 3.70. The fourth-order valence-electron chi connectivity index (χ4n) is 1.62. The molecule has 2 N–H and O–H groups in total. The maximum atomic E-state index is 11.8. The SMILES string of the molecule is CC(C)NC(=O)C(C)Nc1nc2ccc(Cl)cc2s1. The first-order valence-corrected chi connectivity index (χ1v) is 7.28. The van der Waals surface area contributed by atoms with Crippen molar-refractivity contribution < 1.29 is 4.79 Å². The molecule has 0 aliphatic carbocycles. The van der Waals surface area contributed by atoms with Crippen molar-refractivity contribution in [1.82, 2.24) is 10.3 Å². The van der Waals surface area contributed by atoms with E-state index in [1.54, 1.807) is 0 Å². The molecule has 0 aliphatic heterocycles. The van der Waals surface area contributed by atoms with E-state index >= 15 is 0 Å². The summed E-state index contributed by atoms with van der Waals surface area (Å²) >= 11 is 7.43. The second-order valence-corrected chi connectivity index (χ2v) is 6.13. The standard InChI is InChI=1S/C13H16ClN3OS/c1-7(2)15-12(18)8(3)16-13-17-10-5-4-9(14)6-11(10)19-13/h4-8H,1-3H3,(H,15,18)(H,16,17). The normalized spacial score (nSPS) is 12.7. The zero-order valence-corrected chi connectivity index (χ0v) is 12.6. The Balaban J connectivity index is 2.10. The van der Waals surface area contributed by atoms with Crippen LogP contribution < -0.4 is 10.6 Å². The number of thiazole rings is 1. The van der Waals surface area contributed by atoms with Gasteiger partial charge in [0.05, 0.1) is 10.2 Å². The highest BCUT2D eigenvalue weighted by atomic mass is 35.5. The lowest BCUT2D eigenvalue weighted by Crippen LogP contribution is -2.40. The number of fused-ring (bicyclic) bond motifs is 1. The molecule has 6 heteroatoms. The number of hydrogen-bond acceptors (Lipinski definition) is 4. The van der Waals surface area contributed by atoms with Crippen LogP contribution in [0, 0.1) is 0 Å². The second-order valence-electron chi connectivity index (χ2n) is 4.66. The molecule has 0 saturated heterocycles. The molecule has 0 bridgehead atoms. The summed E-state index contributed by atoms with van der Waals surface area (Å²) < 4.78 is 1.01. The number of nitrogens with zero attached hydrogens (tertiary/aromatic N) is 1. The molecule has 2 aromatic rings. The second kappa shape index (κ2) is 5.75. The third kappa shape index (κ3) is 3.58. The Hall–Kier alpha value is -1.33. The Morgan fingerprint density at radius 3 is 2.79 bits per heavy atom. The van der Waals surface area contributed by atoms with E-state index in [0.29, 0.717) is 5.02 Å². The monoisotopic (exact) mass is 297 g/mol. The molecule has 19 heavy (non-hydrogen) atoms. The molecule has 1 atom stereocenters. The predicted molar refractivity (Wildman–Crippen MR) is 81.0 cm³/mol. The highest BCUT2D eigenvalue weighted by Gasteiger charge is 2.15. The first-order valence-electron chi connectivity index (χ1n) is 6.08. The quantitative estimate of drug-likeness (QED) is 0.910. The number of nitrogens with one attached hydrogen (secondary N) is 2. The Morgan fingerprint density at radius 1 is 1.37 bits per heavy atom. The first-order chi connectivity index (χ1) is 8.95. The highest BCUT2D eigenvalue weighted by molar-refractivity contribution is 7.22. The third-order valence-electron chi connectivity index (χ3n) is 2.51. The van der Waals surface area contributed by atoms with Crippen LogP contribution in [-0.4, -0.2) is 23.0 Å². The van der Waals surface area contributed by atoms with Crippen LogP contribution in [0.4, 0.5) is 5.13 Å². The molecule has 0 spiro atoms. The number of amides is 1. The number of hydrogen-bond donors (Lipinski definition) is 2. The Bertz CT molecular complexity index is 597. The lowest BCUT2D eigenvalue weighted by atomic mass is 10.3. The molecular weight excluding hydrogens is 282 g/mol. The van der Waals surface area contributed by atoms with E-state index in [1.807, 2.05) is 39.0 Å². The van der Waals surface area contributed by atoms with Crippen LogP contribution in [0.2, 0.25) is 5.02 Å². The maximum absolute atomic E-state index is 11.8. The molecule has 0 aliphatic rings. The molecule has 2 rings (SSSR count). The molecule has 1 aromatic carbocycles. The average molecular weight is 298 g/mol. The van der Waals surface area contributed by atoms with Crippen LogP contribution in [0.5, 0.6) is 0 Å². The van der Waals surface area contributed by atoms with Gasteiger partial charge in [-0.25, -0.2) is 4.98 Å². The van der Waals surface area contributed by atoms with Crippen LogP contribution in [-0.2, 0) is 4.79 Å². The van der Waals surface area contributed by atoms with Crippen molar-refractivity contribution in [3.05, 3.63) is 23.2 Å². The van der Waals surface area contributed by atoms with Gasteiger partial charge in [0.1, 0.15) is 6.04 Å². The number of aromatic nitrogens is 1. The van der Waals surface area contributed by atoms with E-state index in [0.717, 1.165) is 15.3 Å². The van der Waals surface area contributed by atoms with Gasteiger partial charge in [0.15, 0.2) is 5.13 Å². The molecule has 0 fully saturated rings. The van der Waals surface area contributed by atoms with Crippen molar-refractivity contribution in [1.29, 1.82) is 0 Å². The van der Waals surface area contributed by atoms with Crippen molar-refractivity contribution in [2.24, 2.45) is 0 Å². The minimum absolute atomic E-state index is 0.0349. The van der Waals surface area contributed by atoms with Crippen LogP contribution in [0.3, 0.4) is 0 Å². The van der Waals surface area contributed by atoms with Crippen LogP contribution >= 0.6 is 22.9 Å². The van der Waals surface area contributed by atoms with Crippen LogP contribution in [0.15, 0.2) is 18.2 Å². The van der Waals surface area contributed by atoms with E-state index in [-0.39, 0.29) is 18.0 Å². The van der Waals surface area contributed by atoms with E-state index in [9.17, 15) is 4.79 Å². The molecule has 1 aromatic heterocycles. The van der Waals surface area contributed by atoms with Gasteiger partial charge in [-0.05, 0) is 39.0 Å². The largest absolute Gasteiger partial charge is 0.352 e. The Labute approximate surface area is 121 Å². The molecule has 1 amide bonds. The van der Waals surface area contributed by atoms with Gasteiger partial charge in [-0.3, -0.25) is 4.79 Å². The maximum Gasteiger partial charge on any atom is 0.242 e. The first kappa shape index (κ1) is 14.1. The number of rotatable bonds is 4. The van der Waals surface area contributed by atoms with Crippen LogP contribution in [0.1, 0.15) is 20.8 Å². The molecular formula is C13H16ClN3OS. The highest BCUT2D eigenvalue weighted by Crippen LogP contribution is 2.28. The van der Waals surface area contributed by atoms with Crippen molar-refractivity contribution in [3.8, 4) is 0 Å². The zero-order chi connectivity index (χ0) is 14.0. The van der Waals surface area contributed by atoms with Gasteiger partial charge in [-0.2, -0.15) is 0 Å². The molecule has 0 saturated carbocycles. The number of halogens is 1. The molecule has 102 valence electrons. The van der Waals surface area contributed by atoms with Crippen molar-refractivity contribution >= 4 is 44.2 Å². The average Bonchev–Trinajstić information content (AvgIpc) is 2.69. The lowest BCUT2D eigenvalue weighted by Gasteiger charge is -2.15. The number of benzene rings is 1. The molecule has 1 heterocycles. The molecule has 1 unspecified atom stereocenters. The summed E-state index contributed by atoms with van der Waals surface area (Å²) in [6.45, 7) is 5.69. The minimum atomic E-state index is -0.321. The lowest BCUT2D eigenvalue weighted by molar-refractivity contribution is -0.122. The van der Waals surface area contributed by atoms with E-state index in [2.05, 4.69) is 15.6 Å². The van der Waals surface area contributed by atoms with Crippen LogP contribution in [0.25, 0.3) is 10.2 Å². The summed E-state index contributed by atoms with van der Waals surface area (Å²) in [7, 11) is 0. The van der Waals surface area contributed by atoms with Gasteiger partial charge in [0.2, 0.25) is 5.91 Å². The van der Waals surface area contributed by atoms with Gasteiger partial charge >= 0.3 is 0 Å². The Kier molecular flexibility index (Phi) is 4.27. The summed E-state index contributed by atoms with van der Waals surface area (Å²) in [5.41, 5.74) is 0.883. The topological polar surface area (TPSA) is 54.0 Å². The van der Waals surface area contributed by atoms with Crippen molar-refractivity contribution in [3.63, 3.8) is 0 Å². The summed E-state index contributed by atoms with van der Waals surface area (Å²) in [4.78, 5) is 16.2. The fraction of sp³-hybridized carbons (Fsp3) is 0.385. The number of carbonyl (C=O) groups excluding carboxylic acids is 1. The Morgan fingerprint density at radius 2 is 2.11 bits per heavy atom. The smallest absolute Gasteiger partial charge is 0.242 e. The van der Waals surface area contributed by atoms with E-state index in [4.69, 9.17) is 11.6 Å². The van der Waals surface area contributed by atoms with Crippen molar-refractivity contribution in [2.45, 2.75) is 32.9 Å². The van der Waals surface area contributed by atoms with Gasteiger partial charge in [-0.15, -0.1) is 0 Å². The summed E-state index contributed by atoms with van der Waals surface area (Å²) in [6, 6.07) is 5.36. The summed E-state index contributed by atoms with van der Waals surface area (Å²) in [6.07, 6.45) is 0. The fourth-order valence-corrected chi connectivity index (χ4v) is 2.85. The van der Waals surface area contributed by atoms with Gasteiger partial charge in [-0.1, -0.05) is 22.9 Å². The minimum Gasteiger partial charge on any atom is -0.352 e. The molecule has 0 radical (unpaired) electrons. The molecule has 4 nitrogen and oxygen atoms in total. The predicted octanol–water partition coefficient (Wildman–Crippen LogP) is 3.27. The van der Waals surface area contributed by atoms with E-state index in [1.165, 1.54) is 11.3 Å². The summed E-state index contributed by atoms with van der Waals surface area (Å²) in [5.74, 6) is -0.0349. The summed E-state index contributed by atoms with van der Waals surface area (Å²) in [5, 5.41) is 7.38. The van der Waals surface area contributed by atoms with Gasteiger partial charge in [0, 0.05) is 11.1 Å². The van der Waals surface area contributed by atoms with E-state index < -0.39 is 0 Å². The van der Waals surface area contributed by atoms with Gasteiger partial charge < -0.3 is 10.6 Å². The number of carbonyl (C=O) groups is 1. The number of anilines is 1. The zero-order valence-electron chi connectivity index (χ0n) is 11.0.